The van der Waals surface area contributed by atoms with Crippen LogP contribution in [0.2, 0.25) is 0 Å². The smallest absolute Gasteiger partial charge is 0.314 e. The second-order valence-corrected chi connectivity index (χ2v) is 5.60. The largest absolute Gasteiger partial charge is 0.496 e. The molecule has 5 heteroatoms. The molecule has 0 amide bonds. The predicted octanol–water partition coefficient (Wildman–Crippen LogP) is 3.36. The van der Waals surface area contributed by atoms with Crippen LogP contribution in [0, 0.1) is 19.7 Å². The minimum absolute atomic E-state index is 0.107. The van der Waals surface area contributed by atoms with E-state index in [4.69, 9.17) is 9.47 Å². The molecule has 1 fully saturated rings. The maximum atomic E-state index is 14.4. The molecule has 4 nitrogen and oxygen atoms in total. The van der Waals surface area contributed by atoms with E-state index in [1.54, 1.807) is 13.8 Å². The molecule has 1 N–H and O–H groups in total. The molecule has 1 aliphatic carbocycles. The van der Waals surface area contributed by atoms with E-state index in [1.807, 2.05) is 0 Å². The number of hydrogen-bond acceptors (Lipinski definition) is 3. The molecular formula is C16H21FO4. The Morgan fingerprint density at radius 2 is 1.62 bits per heavy atom. The van der Waals surface area contributed by atoms with E-state index in [0.717, 1.165) is 12.8 Å². The number of benzene rings is 1. The molecule has 21 heavy (non-hydrogen) atoms. The molecule has 0 aliphatic heterocycles. The third-order valence-electron chi connectivity index (χ3n) is 4.57. The molecule has 116 valence electrons. The minimum atomic E-state index is -1.01. The first-order valence-electron chi connectivity index (χ1n) is 7.05. The van der Waals surface area contributed by atoms with Crippen molar-refractivity contribution in [2.24, 2.45) is 0 Å². The lowest BCUT2D eigenvalue weighted by atomic mass is 9.75. The van der Waals surface area contributed by atoms with Crippen LogP contribution in [0.1, 0.15) is 42.4 Å². The number of aliphatic carboxylic acids is 1. The Labute approximate surface area is 123 Å². The van der Waals surface area contributed by atoms with Crippen LogP contribution in [-0.4, -0.2) is 25.3 Å². The molecule has 0 atom stereocenters. The van der Waals surface area contributed by atoms with Crippen LogP contribution in [0.3, 0.4) is 0 Å². The molecule has 0 heterocycles. The first kappa shape index (κ1) is 15.6. The molecule has 0 aromatic heterocycles. The van der Waals surface area contributed by atoms with Gasteiger partial charge in [0.05, 0.1) is 19.6 Å². The van der Waals surface area contributed by atoms with E-state index in [-0.39, 0.29) is 5.75 Å². The fourth-order valence-electron chi connectivity index (χ4n) is 3.53. The summed E-state index contributed by atoms with van der Waals surface area (Å²) >= 11 is 0. The number of methoxy groups -OCH3 is 2. The molecule has 1 aromatic rings. The van der Waals surface area contributed by atoms with Crippen molar-refractivity contribution in [2.45, 2.75) is 44.9 Å². The van der Waals surface area contributed by atoms with Crippen molar-refractivity contribution in [1.82, 2.24) is 0 Å². The number of carboxylic acids is 1. The van der Waals surface area contributed by atoms with Gasteiger partial charge < -0.3 is 14.6 Å². The maximum Gasteiger partial charge on any atom is 0.314 e. The molecule has 1 saturated carbocycles. The first-order chi connectivity index (χ1) is 9.90. The van der Waals surface area contributed by atoms with Crippen molar-refractivity contribution in [2.75, 3.05) is 14.2 Å². The summed E-state index contributed by atoms with van der Waals surface area (Å²) in [7, 11) is 2.84. The van der Waals surface area contributed by atoms with Gasteiger partial charge in [-0.1, -0.05) is 12.8 Å². The van der Waals surface area contributed by atoms with E-state index in [0.29, 0.717) is 35.3 Å². The molecule has 1 aliphatic rings. The molecule has 0 spiro atoms. The number of halogens is 1. The standard InChI is InChI=1S/C16H21FO4/c1-9-11(16(15(18)19)7-5-6-8-16)13(20-3)10(2)12(17)14(9)21-4/h5-8H2,1-4H3,(H,18,19). The van der Waals surface area contributed by atoms with Crippen LogP contribution in [0.4, 0.5) is 4.39 Å². The monoisotopic (exact) mass is 296 g/mol. The second kappa shape index (κ2) is 5.54. The van der Waals surface area contributed by atoms with Crippen molar-refractivity contribution in [3.05, 3.63) is 22.5 Å². The highest BCUT2D eigenvalue weighted by atomic mass is 19.1. The molecular weight excluding hydrogens is 275 g/mol. The van der Waals surface area contributed by atoms with Gasteiger partial charge in [0.15, 0.2) is 11.6 Å². The fraction of sp³-hybridized carbons (Fsp3) is 0.562. The summed E-state index contributed by atoms with van der Waals surface area (Å²) in [4.78, 5) is 12.0. The Kier molecular flexibility index (Phi) is 4.12. The molecule has 2 rings (SSSR count). The van der Waals surface area contributed by atoms with E-state index in [9.17, 15) is 14.3 Å². The summed E-state index contributed by atoms with van der Waals surface area (Å²) in [5, 5.41) is 9.80. The fourth-order valence-corrected chi connectivity index (χ4v) is 3.53. The summed E-state index contributed by atoms with van der Waals surface area (Å²) in [5.74, 6) is -0.936. The van der Waals surface area contributed by atoms with Gasteiger partial charge in [0, 0.05) is 16.7 Å². The Bertz CT molecular complexity index is 574. The second-order valence-electron chi connectivity index (χ2n) is 5.60. The molecule has 0 unspecified atom stereocenters. The Morgan fingerprint density at radius 1 is 1.10 bits per heavy atom. The van der Waals surface area contributed by atoms with Crippen LogP contribution in [0.15, 0.2) is 0 Å². The van der Waals surface area contributed by atoms with Crippen LogP contribution in [0.25, 0.3) is 0 Å². The average Bonchev–Trinajstić information content (AvgIpc) is 2.93. The van der Waals surface area contributed by atoms with Gasteiger partial charge in [-0.15, -0.1) is 0 Å². The first-order valence-corrected chi connectivity index (χ1v) is 7.05. The summed E-state index contributed by atoms with van der Waals surface area (Å²) in [6, 6.07) is 0. The lowest BCUT2D eigenvalue weighted by Crippen LogP contribution is -2.34. The lowest BCUT2D eigenvalue weighted by molar-refractivity contribution is -0.143. The minimum Gasteiger partial charge on any atom is -0.496 e. The zero-order chi connectivity index (χ0) is 15.8. The van der Waals surface area contributed by atoms with Gasteiger partial charge in [-0.05, 0) is 26.7 Å². The van der Waals surface area contributed by atoms with E-state index in [2.05, 4.69) is 0 Å². The molecule has 0 bridgehead atoms. The van der Waals surface area contributed by atoms with Crippen molar-refractivity contribution in [1.29, 1.82) is 0 Å². The van der Waals surface area contributed by atoms with Crippen LogP contribution >= 0.6 is 0 Å². The zero-order valence-corrected chi connectivity index (χ0v) is 12.9. The molecule has 0 radical (unpaired) electrons. The number of ether oxygens (including phenoxy) is 2. The van der Waals surface area contributed by atoms with Gasteiger partial charge in [0.1, 0.15) is 5.75 Å². The number of rotatable bonds is 4. The summed E-state index contributed by atoms with van der Waals surface area (Å²) < 4.78 is 24.9. The topological polar surface area (TPSA) is 55.8 Å². The van der Waals surface area contributed by atoms with Crippen molar-refractivity contribution in [3.63, 3.8) is 0 Å². The SMILES string of the molecule is COc1c(C)c(C2(C(=O)O)CCCC2)c(OC)c(C)c1F. The van der Waals surface area contributed by atoms with E-state index >= 15 is 0 Å². The van der Waals surface area contributed by atoms with Crippen molar-refractivity contribution in [3.8, 4) is 11.5 Å². The van der Waals surface area contributed by atoms with Gasteiger partial charge in [-0.3, -0.25) is 4.79 Å². The number of carboxylic acid groups (broad SMARTS) is 1. The highest BCUT2D eigenvalue weighted by Gasteiger charge is 2.47. The number of hydrogen-bond donors (Lipinski definition) is 1. The highest BCUT2D eigenvalue weighted by molar-refractivity contribution is 5.84. The quantitative estimate of drug-likeness (QED) is 0.925. The Hall–Kier alpha value is -1.78. The normalized spacial score (nSPS) is 16.8. The predicted molar refractivity (Wildman–Crippen MR) is 76.8 cm³/mol. The molecule has 1 aromatic carbocycles. The third-order valence-corrected chi connectivity index (χ3v) is 4.57. The van der Waals surface area contributed by atoms with Gasteiger partial charge in [-0.25, -0.2) is 4.39 Å². The third kappa shape index (κ3) is 2.15. The van der Waals surface area contributed by atoms with Gasteiger partial charge in [0.2, 0.25) is 0 Å². The Balaban J connectivity index is 2.84. The van der Waals surface area contributed by atoms with Gasteiger partial charge >= 0.3 is 5.97 Å². The van der Waals surface area contributed by atoms with Crippen LogP contribution in [-0.2, 0) is 10.2 Å². The number of carbonyl (C=O) groups is 1. The average molecular weight is 296 g/mol. The van der Waals surface area contributed by atoms with Crippen molar-refractivity contribution < 1.29 is 23.8 Å². The highest BCUT2D eigenvalue weighted by Crippen LogP contribution is 2.50. The lowest BCUT2D eigenvalue weighted by Gasteiger charge is -2.30. The van der Waals surface area contributed by atoms with E-state index in [1.165, 1.54) is 14.2 Å². The van der Waals surface area contributed by atoms with Crippen LogP contribution in [0.5, 0.6) is 11.5 Å². The molecule has 0 saturated heterocycles. The van der Waals surface area contributed by atoms with Crippen LogP contribution < -0.4 is 9.47 Å². The summed E-state index contributed by atoms with van der Waals surface area (Å²) in [6.45, 7) is 3.28. The van der Waals surface area contributed by atoms with Crippen molar-refractivity contribution >= 4 is 5.97 Å². The summed E-state index contributed by atoms with van der Waals surface area (Å²) in [5.41, 5.74) is 0.358. The summed E-state index contributed by atoms with van der Waals surface area (Å²) in [6.07, 6.45) is 2.75. The van der Waals surface area contributed by atoms with Gasteiger partial charge in [-0.2, -0.15) is 0 Å². The van der Waals surface area contributed by atoms with E-state index < -0.39 is 17.2 Å². The van der Waals surface area contributed by atoms with Gasteiger partial charge in [0.25, 0.3) is 0 Å². The Morgan fingerprint density at radius 3 is 2.05 bits per heavy atom. The zero-order valence-electron chi connectivity index (χ0n) is 12.9. The maximum absolute atomic E-state index is 14.4.